The predicted molar refractivity (Wildman–Crippen MR) is 192 cm³/mol. The maximum atomic E-state index is 14.1. The molecule has 6 aromatic carbocycles. The average molecular weight is 654 g/mol. The summed E-state index contributed by atoms with van der Waals surface area (Å²) in [6, 6.07) is 30.3. The number of amides is 1. The third-order valence-electron chi connectivity index (χ3n) is 8.32. The molecule has 6 rings (SSSR count). The highest BCUT2D eigenvalue weighted by Gasteiger charge is 2.25. The van der Waals surface area contributed by atoms with Gasteiger partial charge in [0.15, 0.2) is 0 Å². The number of phenolic OH excluding ortho intramolecular Hbond substituents is 2. The van der Waals surface area contributed by atoms with Gasteiger partial charge in [-0.15, -0.1) is 15.3 Å². The van der Waals surface area contributed by atoms with E-state index in [-0.39, 0.29) is 43.4 Å². The number of rotatable bonds is 10. The first-order chi connectivity index (χ1) is 23.9. The summed E-state index contributed by atoms with van der Waals surface area (Å²) in [6.07, 6.45) is 0. The zero-order valence-electron chi connectivity index (χ0n) is 26.5. The molecule has 0 saturated heterocycles. The van der Waals surface area contributed by atoms with Gasteiger partial charge in [0.05, 0.1) is 18.0 Å². The average Bonchev–Trinajstić information content (AvgIpc) is 3.14. The Balaban J connectivity index is 1.32. The maximum absolute atomic E-state index is 14.1. The second kappa shape index (κ2) is 14.4. The Morgan fingerprint density at radius 3 is 1.65 bits per heavy atom. The van der Waals surface area contributed by atoms with Crippen LogP contribution in [0.1, 0.15) is 27.0 Å². The summed E-state index contributed by atoms with van der Waals surface area (Å²) in [5, 5.41) is 41.8. The fourth-order valence-corrected chi connectivity index (χ4v) is 5.81. The largest absolute Gasteiger partial charge is 0.506 e. The molecule has 0 aliphatic heterocycles. The van der Waals surface area contributed by atoms with Gasteiger partial charge in [-0.1, -0.05) is 60.7 Å². The quantitative estimate of drug-likeness (QED) is 0.0661. The molecule has 0 heterocycles. The molecule has 12 heteroatoms. The van der Waals surface area contributed by atoms with Crippen molar-refractivity contribution in [2.75, 3.05) is 11.6 Å². The summed E-state index contributed by atoms with van der Waals surface area (Å²) in [4.78, 5) is 15.5. The van der Waals surface area contributed by atoms with Crippen LogP contribution in [0.5, 0.6) is 11.5 Å². The van der Waals surface area contributed by atoms with Crippen LogP contribution in [-0.4, -0.2) is 22.8 Å². The molecular formula is C37H35N9O3. The van der Waals surface area contributed by atoms with Crippen LogP contribution in [0.2, 0.25) is 0 Å². The SMILES string of the molecule is NCc1cc(C(=O)N(CN)c2ccc(N=Nc3c(O)ccc4ccccc34)cc2)c(CN)c(CN)c1N=Nc1c(O)ccc2ccccc12. The number of hydrogen-bond donors (Lipinski definition) is 6. The lowest BCUT2D eigenvalue weighted by Gasteiger charge is -2.24. The van der Waals surface area contributed by atoms with Gasteiger partial charge in [0.1, 0.15) is 22.9 Å². The summed E-state index contributed by atoms with van der Waals surface area (Å²) in [7, 11) is 0. The molecule has 1 amide bonds. The molecule has 0 spiro atoms. The lowest BCUT2D eigenvalue weighted by atomic mass is 9.94. The molecule has 0 saturated carbocycles. The van der Waals surface area contributed by atoms with Gasteiger partial charge in [-0.3, -0.25) is 9.69 Å². The number of azo groups is 2. The van der Waals surface area contributed by atoms with Gasteiger partial charge in [0.25, 0.3) is 5.91 Å². The number of carbonyl (C=O) groups excluding carboxylic acids is 1. The fraction of sp³-hybridized carbons (Fsp3) is 0.108. The number of nitrogens with two attached hydrogens (primary N) is 4. The van der Waals surface area contributed by atoms with Crippen molar-refractivity contribution in [3.63, 3.8) is 0 Å². The Morgan fingerprint density at radius 2 is 1.12 bits per heavy atom. The summed E-state index contributed by atoms with van der Waals surface area (Å²) >= 11 is 0. The summed E-state index contributed by atoms with van der Waals surface area (Å²) in [5.41, 5.74) is 28.6. The topological polar surface area (TPSA) is 214 Å². The lowest BCUT2D eigenvalue weighted by molar-refractivity contribution is 0.0986. The second-order valence-electron chi connectivity index (χ2n) is 11.1. The highest BCUT2D eigenvalue weighted by Crippen LogP contribution is 2.39. The fourth-order valence-electron chi connectivity index (χ4n) is 5.81. The molecule has 246 valence electrons. The molecule has 0 fully saturated rings. The van der Waals surface area contributed by atoms with Gasteiger partial charge in [0, 0.05) is 41.7 Å². The van der Waals surface area contributed by atoms with Gasteiger partial charge < -0.3 is 33.1 Å². The predicted octanol–water partition coefficient (Wildman–Crippen LogP) is 7.17. The molecule has 0 aromatic heterocycles. The molecule has 0 unspecified atom stereocenters. The Labute approximate surface area is 282 Å². The minimum absolute atomic E-state index is 0.00507. The minimum atomic E-state index is -0.405. The van der Waals surface area contributed by atoms with Crippen molar-refractivity contribution in [2.45, 2.75) is 19.6 Å². The number of benzene rings is 6. The van der Waals surface area contributed by atoms with Crippen LogP contribution in [0, 0.1) is 0 Å². The van der Waals surface area contributed by atoms with Crippen molar-refractivity contribution in [3.05, 3.63) is 125 Å². The van der Waals surface area contributed by atoms with Crippen LogP contribution in [0.25, 0.3) is 21.5 Å². The molecule has 12 nitrogen and oxygen atoms in total. The Hall–Kier alpha value is -6.05. The van der Waals surface area contributed by atoms with Crippen LogP contribution < -0.4 is 27.8 Å². The lowest BCUT2D eigenvalue weighted by Crippen LogP contribution is -2.37. The van der Waals surface area contributed by atoms with Crippen molar-refractivity contribution >= 4 is 55.9 Å². The molecule has 0 aliphatic carbocycles. The van der Waals surface area contributed by atoms with E-state index >= 15 is 0 Å². The minimum Gasteiger partial charge on any atom is -0.506 e. The molecule has 0 radical (unpaired) electrons. The zero-order valence-corrected chi connectivity index (χ0v) is 26.5. The monoisotopic (exact) mass is 653 g/mol. The molecule has 0 bridgehead atoms. The van der Waals surface area contributed by atoms with Crippen molar-refractivity contribution < 1.29 is 15.0 Å². The summed E-state index contributed by atoms with van der Waals surface area (Å²) in [5.74, 6) is -0.421. The standard InChI is InChI=1S/C37H35N9O3/c38-18-24-17-29(30(19-39)31(20-40)34(24)43-45-36-28-8-4-2-6-23(28)10-16-33(36)48)37(49)46(21-41)26-13-11-25(12-14-26)42-44-35-27-7-3-1-5-22(27)9-15-32(35)47/h1-17,47-48H,18-21,38-41H2. The van der Waals surface area contributed by atoms with E-state index in [1.807, 2.05) is 54.6 Å². The summed E-state index contributed by atoms with van der Waals surface area (Å²) in [6.45, 7) is -0.113. The molecule has 49 heavy (non-hydrogen) atoms. The van der Waals surface area contributed by atoms with Crippen LogP contribution in [0.3, 0.4) is 0 Å². The maximum Gasteiger partial charge on any atom is 0.259 e. The normalized spacial score (nSPS) is 11.7. The third-order valence-corrected chi connectivity index (χ3v) is 8.32. The first kappa shape index (κ1) is 32.9. The van der Waals surface area contributed by atoms with Crippen LogP contribution in [0.15, 0.2) is 124 Å². The number of nitrogens with zero attached hydrogens (tertiary/aromatic N) is 5. The first-order valence-electron chi connectivity index (χ1n) is 15.5. The van der Waals surface area contributed by atoms with Crippen LogP contribution in [0.4, 0.5) is 28.4 Å². The van der Waals surface area contributed by atoms with Crippen molar-refractivity contribution in [1.29, 1.82) is 0 Å². The van der Waals surface area contributed by atoms with E-state index in [4.69, 9.17) is 22.9 Å². The molecule has 6 aromatic rings. The van der Waals surface area contributed by atoms with E-state index in [1.54, 1.807) is 48.5 Å². The first-order valence-corrected chi connectivity index (χ1v) is 15.5. The summed E-state index contributed by atoms with van der Waals surface area (Å²) < 4.78 is 0. The van der Waals surface area contributed by atoms with Gasteiger partial charge >= 0.3 is 0 Å². The highest BCUT2D eigenvalue weighted by atomic mass is 16.3. The molecule has 0 aliphatic rings. The van der Waals surface area contributed by atoms with Gasteiger partial charge in [-0.2, -0.15) is 5.11 Å². The van der Waals surface area contributed by atoms with Gasteiger partial charge in [0.2, 0.25) is 0 Å². The number of hydrogen-bond acceptors (Lipinski definition) is 11. The van der Waals surface area contributed by atoms with Crippen molar-refractivity contribution in [3.8, 4) is 11.5 Å². The van der Waals surface area contributed by atoms with Gasteiger partial charge in [-0.25, -0.2) is 0 Å². The van der Waals surface area contributed by atoms with E-state index in [0.29, 0.717) is 45.1 Å². The second-order valence-corrected chi connectivity index (χ2v) is 11.1. The third kappa shape index (κ3) is 6.44. The highest BCUT2D eigenvalue weighted by molar-refractivity contribution is 6.08. The number of anilines is 1. The number of carbonyl (C=O) groups is 1. The van der Waals surface area contributed by atoms with Crippen molar-refractivity contribution in [2.24, 2.45) is 43.4 Å². The Bertz CT molecular complexity index is 2230. The van der Waals surface area contributed by atoms with E-state index in [2.05, 4.69) is 20.5 Å². The Morgan fingerprint density at radius 1 is 0.592 bits per heavy atom. The number of fused-ring (bicyclic) bond motifs is 2. The van der Waals surface area contributed by atoms with Crippen molar-refractivity contribution in [1.82, 2.24) is 0 Å². The molecular weight excluding hydrogens is 618 g/mol. The molecule has 10 N–H and O–H groups in total. The van der Waals surface area contributed by atoms with E-state index in [9.17, 15) is 15.0 Å². The zero-order chi connectivity index (χ0) is 34.5. The van der Waals surface area contributed by atoms with E-state index < -0.39 is 5.91 Å². The van der Waals surface area contributed by atoms with Gasteiger partial charge in [-0.05, 0) is 69.9 Å². The number of phenols is 2. The van der Waals surface area contributed by atoms with Crippen LogP contribution >= 0.6 is 0 Å². The smallest absolute Gasteiger partial charge is 0.259 e. The van der Waals surface area contributed by atoms with E-state index in [0.717, 1.165) is 21.5 Å². The van der Waals surface area contributed by atoms with E-state index in [1.165, 1.54) is 4.90 Å². The number of aromatic hydroxyl groups is 2. The van der Waals surface area contributed by atoms with Crippen LogP contribution in [-0.2, 0) is 19.6 Å². The Kier molecular flexibility index (Phi) is 9.65. The molecule has 0 atom stereocenters.